The standard InChI is InChI=1S/C26H28N4O3/c27-16-17-4-3-7-20(14-17)25(31)28-21-8-9-23-22(15-21)24(29-33-23)18-10-12-30(13-11-18)26(32)19-5-1-2-6-19/h3-4,7-9,14-15,18-19,26,32H,1-2,5-6,10-13H2,(H,28,31). The maximum atomic E-state index is 12.7. The molecule has 2 N–H and O–H groups in total. The first kappa shape index (κ1) is 21.6. The quantitative estimate of drug-likeness (QED) is 0.594. The minimum atomic E-state index is -0.330. The van der Waals surface area contributed by atoms with Gasteiger partial charge in [-0.1, -0.05) is 24.1 Å². The number of carbonyl (C=O) groups is 1. The zero-order valence-corrected chi connectivity index (χ0v) is 18.5. The predicted octanol–water partition coefficient (Wildman–Crippen LogP) is 4.64. The van der Waals surface area contributed by atoms with Gasteiger partial charge in [-0.15, -0.1) is 0 Å². The van der Waals surface area contributed by atoms with Crippen LogP contribution in [0.2, 0.25) is 0 Å². The molecule has 33 heavy (non-hydrogen) atoms. The highest BCUT2D eigenvalue weighted by atomic mass is 16.5. The molecular formula is C26H28N4O3. The number of hydrogen-bond donors (Lipinski definition) is 2. The number of piperidine rings is 1. The summed E-state index contributed by atoms with van der Waals surface area (Å²) in [5, 5.41) is 28.0. The lowest BCUT2D eigenvalue weighted by Crippen LogP contribution is -2.44. The summed E-state index contributed by atoms with van der Waals surface area (Å²) in [6.45, 7) is 1.70. The lowest BCUT2D eigenvalue weighted by molar-refractivity contribution is -0.0498. The van der Waals surface area contributed by atoms with Crippen LogP contribution in [-0.4, -0.2) is 40.4 Å². The lowest BCUT2D eigenvalue weighted by atomic mass is 9.90. The summed E-state index contributed by atoms with van der Waals surface area (Å²) in [5.74, 6) is 0.407. The Bertz CT molecular complexity index is 1180. The lowest BCUT2D eigenvalue weighted by Gasteiger charge is -2.37. The van der Waals surface area contributed by atoms with Crippen LogP contribution >= 0.6 is 0 Å². The average Bonchev–Trinajstić information content (AvgIpc) is 3.54. The second-order valence-electron chi connectivity index (χ2n) is 9.19. The van der Waals surface area contributed by atoms with Gasteiger partial charge in [-0.05, 0) is 68.0 Å². The van der Waals surface area contributed by atoms with E-state index in [1.807, 2.05) is 12.1 Å². The minimum Gasteiger partial charge on any atom is -0.378 e. The number of nitrogens with zero attached hydrogens (tertiary/aromatic N) is 3. The number of carbonyl (C=O) groups excluding carboxylic acids is 1. The number of aromatic nitrogens is 1. The monoisotopic (exact) mass is 444 g/mol. The second-order valence-corrected chi connectivity index (χ2v) is 9.19. The summed E-state index contributed by atoms with van der Waals surface area (Å²) in [6.07, 6.45) is 6.22. The van der Waals surface area contributed by atoms with Gasteiger partial charge in [0.15, 0.2) is 5.58 Å². The molecule has 2 aliphatic rings. The molecule has 1 aliphatic heterocycles. The van der Waals surface area contributed by atoms with Gasteiger partial charge in [0.25, 0.3) is 5.91 Å². The number of rotatable bonds is 5. The molecule has 7 heteroatoms. The summed E-state index contributed by atoms with van der Waals surface area (Å²) in [4.78, 5) is 14.9. The number of nitrogens with one attached hydrogen (secondary N) is 1. The molecule has 1 saturated carbocycles. The van der Waals surface area contributed by atoms with Crippen molar-refractivity contribution in [3.63, 3.8) is 0 Å². The molecule has 1 atom stereocenters. The molecule has 1 aliphatic carbocycles. The Morgan fingerprint density at radius 2 is 1.94 bits per heavy atom. The van der Waals surface area contributed by atoms with E-state index in [9.17, 15) is 9.90 Å². The molecule has 1 saturated heterocycles. The molecular weight excluding hydrogens is 416 g/mol. The summed E-state index contributed by atoms with van der Waals surface area (Å²) in [7, 11) is 0. The molecule has 170 valence electrons. The van der Waals surface area contributed by atoms with Gasteiger partial charge in [0.05, 0.1) is 17.3 Å². The first-order valence-electron chi connectivity index (χ1n) is 11.8. The number of fused-ring (bicyclic) bond motifs is 1. The third-order valence-corrected chi connectivity index (χ3v) is 7.12. The van der Waals surface area contributed by atoms with E-state index in [1.165, 1.54) is 12.8 Å². The van der Waals surface area contributed by atoms with Crippen molar-refractivity contribution in [2.75, 3.05) is 18.4 Å². The molecule has 1 amide bonds. The van der Waals surface area contributed by atoms with Crippen molar-refractivity contribution in [1.29, 1.82) is 5.26 Å². The first-order chi connectivity index (χ1) is 16.1. The summed E-state index contributed by atoms with van der Waals surface area (Å²) >= 11 is 0. The molecule has 0 bridgehead atoms. The Balaban J connectivity index is 1.28. The first-order valence-corrected chi connectivity index (χ1v) is 11.8. The Labute approximate surface area is 193 Å². The predicted molar refractivity (Wildman–Crippen MR) is 125 cm³/mol. The van der Waals surface area contributed by atoms with Crippen molar-refractivity contribution >= 4 is 22.6 Å². The van der Waals surface area contributed by atoms with Crippen molar-refractivity contribution in [3.8, 4) is 6.07 Å². The van der Waals surface area contributed by atoms with Crippen molar-refractivity contribution < 1.29 is 14.4 Å². The molecule has 7 nitrogen and oxygen atoms in total. The smallest absolute Gasteiger partial charge is 0.255 e. The maximum absolute atomic E-state index is 12.7. The second kappa shape index (κ2) is 9.34. The van der Waals surface area contributed by atoms with Crippen LogP contribution in [0.25, 0.3) is 11.0 Å². The van der Waals surface area contributed by atoms with Crippen LogP contribution in [0.4, 0.5) is 5.69 Å². The van der Waals surface area contributed by atoms with Gasteiger partial charge in [0, 0.05) is 35.6 Å². The normalized spacial score (nSPS) is 18.9. The van der Waals surface area contributed by atoms with E-state index in [0.717, 1.165) is 49.9 Å². The SMILES string of the molecule is N#Cc1cccc(C(=O)Nc2ccc3onc(C4CCN(C(O)C5CCCC5)CC4)c3c2)c1. The number of anilines is 1. The van der Waals surface area contributed by atoms with E-state index in [4.69, 9.17) is 9.78 Å². The largest absolute Gasteiger partial charge is 0.378 e. The fourth-order valence-electron chi connectivity index (χ4n) is 5.25. The van der Waals surface area contributed by atoms with Crippen LogP contribution in [0.3, 0.4) is 0 Å². The fourth-order valence-corrected chi connectivity index (χ4v) is 5.25. The summed E-state index contributed by atoms with van der Waals surface area (Å²) in [6, 6.07) is 14.2. The molecule has 2 aromatic carbocycles. The van der Waals surface area contributed by atoms with Crippen molar-refractivity contribution in [1.82, 2.24) is 10.1 Å². The van der Waals surface area contributed by atoms with E-state index >= 15 is 0 Å². The third-order valence-electron chi connectivity index (χ3n) is 7.12. The Morgan fingerprint density at radius 3 is 2.70 bits per heavy atom. The molecule has 0 radical (unpaired) electrons. The van der Waals surface area contributed by atoms with Crippen LogP contribution in [-0.2, 0) is 0 Å². The number of benzene rings is 2. The Kier molecular flexibility index (Phi) is 6.12. The van der Waals surface area contributed by atoms with E-state index in [1.54, 1.807) is 30.3 Å². The average molecular weight is 445 g/mol. The zero-order chi connectivity index (χ0) is 22.8. The third kappa shape index (κ3) is 4.50. The van der Waals surface area contributed by atoms with Gasteiger partial charge in [-0.25, -0.2) is 0 Å². The van der Waals surface area contributed by atoms with Crippen molar-refractivity contribution in [2.24, 2.45) is 5.92 Å². The highest BCUT2D eigenvalue weighted by molar-refractivity contribution is 6.05. The number of amides is 1. The molecule has 2 heterocycles. The van der Waals surface area contributed by atoms with Crippen LogP contribution in [0, 0.1) is 17.2 Å². The summed E-state index contributed by atoms with van der Waals surface area (Å²) < 4.78 is 5.57. The fraction of sp³-hybridized carbons (Fsp3) is 0.423. The molecule has 5 rings (SSSR count). The number of aliphatic hydroxyl groups excluding tert-OH is 1. The highest BCUT2D eigenvalue weighted by Gasteiger charge is 2.32. The van der Waals surface area contributed by atoms with Crippen molar-refractivity contribution in [3.05, 3.63) is 59.3 Å². The van der Waals surface area contributed by atoms with E-state index in [-0.39, 0.29) is 18.1 Å². The molecule has 1 unspecified atom stereocenters. The van der Waals surface area contributed by atoms with Gasteiger partial charge >= 0.3 is 0 Å². The number of likely N-dealkylation sites (tertiary alicyclic amines) is 1. The highest BCUT2D eigenvalue weighted by Crippen LogP contribution is 2.36. The molecule has 3 aromatic rings. The number of hydrogen-bond acceptors (Lipinski definition) is 6. The molecule has 0 spiro atoms. The van der Waals surface area contributed by atoms with Crippen LogP contribution in [0.1, 0.15) is 66.1 Å². The minimum absolute atomic E-state index is 0.261. The van der Waals surface area contributed by atoms with E-state index < -0.39 is 0 Å². The topological polar surface area (TPSA) is 102 Å². The van der Waals surface area contributed by atoms with Gasteiger partial charge < -0.3 is 14.9 Å². The summed E-state index contributed by atoms with van der Waals surface area (Å²) in [5.41, 5.74) is 3.16. The van der Waals surface area contributed by atoms with Crippen molar-refractivity contribution in [2.45, 2.75) is 50.7 Å². The Morgan fingerprint density at radius 1 is 1.15 bits per heavy atom. The van der Waals surface area contributed by atoms with Gasteiger partial charge in [-0.2, -0.15) is 5.26 Å². The van der Waals surface area contributed by atoms with Gasteiger partial charge in [0.2, 0.25) is 0 Å². The van der Waals surface area contributed by atoms with Gasteiger partial charge in [0.1, 0.15) is 6.23 Å². The maximum Gasteiger partial charge on any atom is 0.255 e. The van der Waals surface area contributed by atoms with Crippen LogP contribution in [0.15, 0.2) is 47.0 Å². The van der Waals surface area contributed by atoms with E-state index in [0.29, 0.717) is 28.3 Å². The Hall–Kier alpha value is -3.21. The van der Waals surface area contributed by atoms with Crippen LogP contribution < -0.4 is 5.32 Å². The van der Waals surface area contributed by atoms with E-state index in [2.05, 4.69) is 21.4 Å². The molecule has 1 aromatic heterocycles. The number of aliphatic hydroxyl groups is 1. The van der Waals surface area contributed by atoms with Crippen LogP contribution in [0.5, 0.6) is 0 Å². The molecule has 2 fully saturated rings. The number of nitriles is 1. The van der Waals surface area contributed by atoms with Gasteiger partial charge in [-0.3, -0.25) is 9.69 Å². The zero-order valence-electron chi connectivity index (χ0n) is 18.5.